The molecule has 1 N–H and O–H groups in total. The number of carbonyl (C=O) groups excluding carboxylic acids is 1. The third-order valence-corrected chi connectivity index (χ3v) is 4.98. The lowest BCUT2D eigenvalue weighted by Crippen LogP contribution is -2.53. The van der Waals surface area contributed by atoms with Gasteiger partial charge < -0.3 is 24.4 Å². The molecule has 2 aliphatic heterocycles. The normalized spacial score (nSPS) is 24.4. The van der Waals surface area contributed by atoms with Gasteiger partial charge in [0.25, 0.3) is 0 Å². The fourth-order valence-corrected chi connectivity index (χ4v) is 3.67. The molecule has 0 aliphatic carbocycles. The van der Waals surface area contributed by atoms with Gasteiger partial charge in [-0.15, -0.1) is 0 Å². The molecule has 1 aromatic rings. The second-order valence-corrected chi connectivity index (χ2v) is 7.34. The van der Waals surface area contributed by atoms with Crippen molar-refractivity contribution in [2.45, 2.75) is 31.3 Å². The highest BCUT2D eigenvalue weighted by atomic mass is 16.5. The van der Waals surface area contributed by atoms with Crippen molar-refractivity contribution in [2.75, 3.05) is 52.5 Å². The van der Waals surface area contributed by atoms with Crippen LogP contribution in [0.2, 0.25) is 0 Å². The number of β-amino-alcohol motifs (C(OH)–C–C–N with tert-alkyl or cyclic N) is 1. The zero-order chi connectivity index (χ0) is 18.2. The predicted octanol–water partition coefficient (Wildman–Crippen LogP) is 1.53. The zero-order valence-corrected chi connectivity index (χ0v) is 15.4. The molecule has 144 valence electrons. The molecule has 0 unspecified atom stereocenters. The highest BCUT2D eigenvalue weighted by Gasteiger charge is 2.36. The minimum atomic E-state index is -0.975. The number of likely N-dealkylation sites (tertiary alicyclic amines) is 1. The standard InChI is InChI=1S/C20H30N2O4/c23-19(9-6-13-26-18-7-2-1-3-8-18)22-12-14-25-17-20(24,16-22)15-21-10-4-5-11-21/h1-3,7-8,24H,4-6,9-17H2/t20-/m1/s1. The third kappa shape index (κ3) is 5.69. The number of ether oxygens (including phenoxy) is 2. The van der Waals surface area contributed by atoms with Crippen molar-refractivity contribution >= 4 is 5.91 Å². The Hall–Kier alpha value is -1.63. The average Bonchev–Trinajstić information content (AvgIpc) is 3.06. The van der Waals surface area contributed by atoms with E-state index in [9.17, 15) is 9.90 Å². The minimum Gasteiger partial charge on any atom is -0.494 e. The van der Waals surface area contributed by atoms with Crippen molar-refractivity contribution in [3.63, 3.8) is 0 Å². The molecule has 1 amide bonds. The first-order chi connectivity index (χ1) is 12.6. The fraction of sp³-hybridized carbons (Fsp3) is 0.650. The first-order valence-corrected chi connectivity index (χ1v) is 9.63. The molecule has 0 spiro atoms. The second kappa shape index (κ2) is 9.35. The van der Waals surface area contributed by atoms with Crippen LogP contribution in [0.4, 0.5) is 0 Å². The van der Waals surface area contributed by atoms with Crippen molar-refractivity contribution in [2.24, 2.45) is 0 Å². The van der Waals surface area contributed by atoms with E-state index in [4.69, 9.17) is 9.47 Å². The molecule has 2 fully saturated rings. The van der Waals surface area contributed by atoms with Crippen LogP contribution in [-0.2, 0) is 9.53 Å². The largest absolute Gasteiger partial charge is 0.494 e. The molecular weight excluding hydrogens is 332 g/mol. The van der Waals surface area contributed by atoms with Gasteiger partial charge in [0.05, 0.1) is 26.4 Å². The number of carbonyl (C=O) groups is 1. The van der Waals surface area contributed by atoms with Gasteiger partial charge in [-0.25, -0.2) is 0 Å². The van der Waals surface area contributed by atoms with Gasteiger partial charge in [0, 0.05) is 19.5 Å². The minimum absolute atomic E-state index is 0.0620. The van der Waals surface area contributed by atoms with Crippen LogP contribution in [0.15, 0.2) is 30.3 Å². The molecule has 0 saturated carbocycles. The van der Waals surface area contributed by atoms with E-state index in [1.807, 2.05) is 30.3 Å². The Morgan fingerprint density at radius 2 is 1.96 bits per heavy atom. The smallest absolute Gasteiger partial charge is 0.222 e. The molecule has 0 aromatic heterocycles. The van der Waals surface area contributed by atoms with Gasteiger partial charge in [-0.2, -0.15) is 0 Å². The molecule has 2 aliphatic rings. The quantitative estimate of drug-likeness (QED) is 0.746. The molecule has 26 heavy (non-hydrogen) atoms. The number of aliphatic hydroxyl groups is 1. The molecule has 1 atom stereocenters. The summed E-state index contributed by atoms with van der Waals surface area (Å²) in [5, 5.41) is 11.0. The summed E-state index contributed by atoms with van der Waals surface area (Å²) in [5.41, 5.74) is -0.975. The predicted molar refractivity (Wildman–Crippen MR) is 99.2 cm³/mol. The monoisotopic (exact) mass is 362 g/mol. The van der Waals surface area contributed by atoms with E-state index in [0.717, 1.165) is 18.8 Å². The summed E-state index contributed by atoms with van der Waals surface area (Å²) in [4.78, 5) is 16.6. The number of para-hydroxylation sites is 1. The van der Waals surface area contributed by atoms with Crippen LogP contribution >= 0.6 is 0 Å². The van der Waals surface area contributed by atoms with E-state index in [0.29, 0.717) is 52.3 Å². The SMILES string of the molecule is O=C(CCCOc1ccccc1)N1CCOC[C@@](O)(CN2CCCC2)C1. The van der Waals surface area contributed by atoms with Gasteiger partial charge in [0.15, 0.2) is 0 Å². The van der Waals surface area contributed by atoms with E-state index in [-0.39, 0.29) is 5.91 Å². The van der Waals surface area contributed by atoms with Gasteiger partial charge in [0.1, 0.15) is 11.4 Å². The summed E-state index contributed by atoms with van der Waals surface area (Å²) in [6, 6.07) is 9.62. The summed E-state index contributed by atoms with van der Waals surface area (Å²) in [6.45, 7) is 4.80. The molecule has 2 saturated heterocycles. The maximum atomic E-state index is 12.6. The second-order valence-electron chi connectivity index (χ2n) is 7.34. The van der Waals surface area contributed by atoms with Crippen LogP contribution in [0.1, 0.15) is 25.7 Å². The molecular formula is C20H30N2O4. The molecule has 1 aromatic carbocycles. The van der Waals surface area contributed by atoms with Crippen LogP contribution in [0, 0.1) is 0 Å². The van der Waals surface area contributed by atoms with Crippen molar-refractivity contribution in [1.29, 1.82) is 0 Å². The number of hydrogen-bond acceptors (Lipinski definition) is 5. The lowest BCUT2D eigenvalue weighted by Gasteiger charge is -2.34. The van der Waals surface area contributed by atoms with E-state index in [2.05, 4.69) is 4.90 Å². The Morgan fingerprint density at radius 3 is 2.73 bits per heavy atom. The van der Waals surface area contributed by atoms with Crippen LogP contribution in [-0.4, -0.2) is 79.0 Å². The van der Waals surface area contributed by atoms with Gasteiger partial charge in [-0.3, -0.25) is 4.79 Å². The van der Waals surface area contributed by atoms with Crippen molar-refractivity contribution < 1.29 is 19.4 Å². The van der Waals surface area contributed by atoms with Gasteiger partial charge in [0.2, 0.25) is 5.91 Å². The Labute approximate surface area is 155 Å². The highest BCUT2D eigenvalue weighted by Crippen LogP contribution is 2.18. The summed E-state index contributed by atoms with van der Waals surface area (Å²) < 4.78 is 11.2. The maximum absolute atomic E-state index is 12.6. The first kappa shape index (κ1) is 19.1. The van der Waals surface area contributed by atoms with Crippen molar-refractivity contribution in [1.82, 2.24) is 9.80 Å². The van der Waals surface area contributed by atoms with Gasteiger partial charge in [-0.1, -0.05) is 18.2 Å². The molecule has 6 heteroatoms. The van der Waals surface area contributed by atoms with E-state index < -0.39 is 5.60 Å². The molecule has 0 radical (unpaired) electrons. The van der Waals surface area contributed by atoms with Crippen molar-refractivity contribution in [3.05, 3.63) is 30.3 Å². The van der Waals surface area contributed by atoms with E-state index in [1.54, 1.807) is 4.90 Å². The molecule has 6 nitrogen and oxygen atoms in total. The van der Waals surface area contributed by atoms with E-state index in [1.165, 1.54) is 12.8 Å². The number of nitrogens with zero attached hydrogens (tertiary/aromatic N) is 2. The number of benzene rings is 1. The lowest BCUT2D eigenvalue weighted by atomic mass is 10.0. The molecule has 0 bridgehead atoms. The maximum Gasteiger partial charge on any atom is 0.222 e. The Kier molecular flexibility index (Phi) is 6.88. The summed E-state index contributed by atoms with van der Waals surface area (Å²) >= 11 is 0. The number of rotatable bonds is 7. The van der Waals surface area contributed by atoms with Crippen LogP contribution in [0.5, 0.6) is 5.75 Å². The van der Waals surface area contributed by atoms with Gasteiger partial charge in [-0.05, 0) is 44.5 Å². The summed E-state index contributed by atoms with van der Waals surface area (Å²) in [7, 11) is 0. The summed E-state index contributed by atoms with van der Waals surface area (Å²) in [5.74, 6) is 0.884. The van der Waals surface area contributed by atoms with Crippen molar-refractivity contribution in [3.8, 4) is 5.75 Å². The lowest BCUT2D eigenvalue weighted by molar-refractivity contribution is -0.134. The third-order valence-electron chi connectivity index (χ3n) is 4.98. The number of hydrogen-bond donors (Lipinski definition) is 1. The van der Waals surface area contributed by atoms with Crippen LogP contribution in [0.3, 0.4) is 0 Å². The molecule has 3 rings (SSSR count). The first-order valence-electron chi connectivity index (χ1n) is 9.63. The topological polar surface area (TPSA) is 62.2 Å². The van der Waals surface area contributed by atoms with Gasteiger partial charge >= 0.3 is 0 Å². The van der Waals surface area contributed by atoms with Crippen LogP contribution < -0.4 is 4.74 Å². The zero-order valence-electron chi connectivity index (χ0n) is 15.4. The number of amides is 1. The Bertz CT molecular complexity index is 562. The highest BCUT2D eigenvalue weighted by molar-refractivity contribution is 5.76. The van der Waals surface area contributed by atoms with Crippen LogP contribution in [0.25, 0.3) is 0 Å². The summed E-state index contributed by atoms with van der Waals surface area (Å²) in [6.07, 6.45) is 3.45. The Balaban J connectivity index is 1.44. The Morgan fingerprint density at radius 1 is 1.19 bits per heavy atom. The fourth-order valence-electron chi connectivity index (χ4n) is 3.67. The molecule has 2 heterocycles. The average molecular weight is 362 g/mol. The van der Waals surface area contributed by atoms with E-state index >= 15 is 0 Å².